The molecule has 18 heavy (non-hydrogen) atoms. The number of thiophene rings is 1. The van der Waals surface area contributed by atoms with E-state index in [-0.39, 0.29) is 0 Å². The lowest BCUT2D eigenvalue weighted by Crippen LogP contribution is -2.21. The SMILES string of the molecule is Cc1cccc(C)c1CNCC(O)c1ccsc1. The first-order chi connectivity index (χ1) is 8.68. The average molecular weight is 261 g/mol. The Labute approximate surface area is 112 Å². The van der Waals surface area contributed by atoms with Gasteiger partial charge in [-0.1, -0.05) is 18.2 Å². The minimum atomic E-state index is -0.416. The second-order valence-corrected chi connectivity index (χ2v) is 5.35. The largest absolute Gasteiger partial charge is 0.387 e. The maximum atomic E-state index is 9.97. The minimum absolute atomic E-state index is 0.416. The highest BCUT2D eigenvalue weighted by Gasteiger charge is 2.08. The fourth-order valence-electron chi connectivity index (χ4n) is 2.04. The van der Waals surface area contributed by atoms with Gasteiger partial charge >= 0.3 is 0 Å². The van der Waals surface area contributed by atoms with Crippen molar-refractivity contribution in [3.05, 3.63) is 57.3 Å². The second kappa shape index (κ2) is 6.14. The Balaban J connectivity index is 1.89. The fourth-order valence-corrected chi connectivity index (χ4v) is 2.75. The molecule has 1 unspecified atom stereocenters. The molecule has 0 aliphatic heterocycles. The Hall–Kier alpha value is -1.16. The van der Waals surface area contributed by atoms with Crippen LogP contribution in [0, 0.1) is 13.8 Å². The molecule has 0 aliphatic rings. The Morgan fingerprint density at radius 2 is 1.94 bits per heavy atom. The number of aliphatic hydroxyl groups is 1. The van der Waals surface area contributed by atoms with Gasteiger partial charge in [-0.3, -0.25) is 0 Å². The molecule has 1 atom stereocenters. The van der Waals surface area contributed by atoms with Crippen LogP contribution in [0.4, 0.5) is 0 Å². The Morgan fingerprint density at radius 3 is 2.56 bits per heavy atom. The van der Waals surface area contributed by atoms with Gasteiger partial charge in [0.15, 0.2) is 0 Å². The van der Waals surface area contributed by atoms with Gasteiger partial charge in [0.05, 0.1) is 6.10 Å². The van der Waals surface area contributed by atoms with E-state index in [1.54, 1.807) is 11.3 Å². The Kier molecular flexibility index (Phi) is 4.53. The van der Waals surface area contributed by atoms with Crippen LogP contribution in [0.2, 0.25) is 0 Å². The monoisotopic (exact) mass is 261 g/mol. The van der Waals surface area contributed by atoms with E-state index in [0.717, 1.165) is 12.1 Å². The number of aliphatic hydroxyl groups excluding tert-OH is 1. The molecule has 0 saturated carbocycles. The normalized spacial score (nSPS) is 12.6. The van der Waals surface area contributed by atoms with E-state index in [1.807, 2.05) is 16.8 Å². The number of hydrogen-bond donors (Lipinski definition) is 2. The van der Waals surface area contributed by atoms with Crippen molar-refractivity contribution in [2.75, 3.05) is 6.54 Å². The lowest BCUT2D eigenvalue weighted by atomic mass is 10.0. The third-order valence-corrected chi connectivity index (χ3v) is 3.91. The van der Waals surface area contributed by atoms with Crippen LogP contribution in [0.1, 0.15) is 28.4 Å². The highest BCUT2D eigenvalue weighted by molar-refractivity contribution is 7.07. The molecule has 1 aromatic carbocycles. The van der Waals surface area contributed by atoms with Gasteiger partial charge in [0.2, 0.25) is 0 Å². The molecule has 2 aromatic rings. The first-order valence-electron chi connectivity index (χ1n) is 6.14. The first kappa shape index (κ1) is 13.3. The standard InChI is InChI=1S/C15H19NOS/c1-11-4-3-5-12(2)14(11)8-16-9-15(17)13-6-7-18-10-13/h3-7,10,15-17H,8-9H2,1-2H3. The van der Waals surface area contributed by atoms with Gasteiger partial charge in [0.1, 0.15) is 0 Å². The van der Waals surface area contributed by atoms with Gasteiger partial charge < -0.3 is 10.4 Å². The molecule has 96 valence electrons. The number of rotatable bonds is 5. The molecule has 0 amide bonds. The van der Waals surface area contributed by atoms with E-state index in [1.165, 1.54) is 16.7 Å². The molecule has 2 rings (SSSR count). The van der Waals surface area contributed by atoms with Gasteiger partial charge in [0, 0.05) is 13.1 Å². The molecule has 0 bridgehead atoms. The van der Waals surface area contributed by atoms with Crippen molar-refractivity contribution in [3.8, 4) is 0 Å². The maximum Gasteiger partial charge on any atom is 0.0922 e. The smallest absolute Gasteiger partial charge is 0.0922 e. The molecule has 0 fully saturated rings. The molecule has 2 N–H and O–H groups in total. The number of nitrogens with one attached hydrogen (secondary N) is 1. The van der Waals surface area contributed by atoms with E-state index in [9.17, 15) is 5.11 Å². The van der Waals surface area contributed by atoms with Crippen molar-refractivity contribution in [2.45, 2.75) is 26.5 Å². The maximum absolute atomic E-state index is 9.97. The quantitative estimate of drug-likeness (QED) is 0.866. The zero-order valence-electron chi connectivity index (χ0n) is 10.8. The van der Waals surface area contributed by atoms with Crippen LogP contribution in [-0.4, -0.2) is 11.7 Å². The molecule has 1 aromatic heterocycles. The van der Waals surface area contributed by atoms with E-state index in [2.05, 4.69) is 37.4 Å². The summed E-state index contributed by atoms with van der Waals surface area (Å²) in [7, 11) is 0. The number of hydrogen-bond acceptors (Lipinski definition) is 3. The second-order valence-electron chi connectivity index (χ2n) is 4.57. The van der Waals surface area contributed by atoms with E-state index >= 15 is 0 Å². The summed E-state index contributed by atoms with van der Waals surface area (Å²) in [5.74, 6) is 0. The summed E-state index contributed by atoms with van der Waals surface area (Å²) in [5.41, 5.74) is 4.92. The van der Waals surface area contributed by atoms with Gasteiger partial charge in [-0.15, -0.1) is 0 Å². The lowest BCUT2D eigenvalue weighted by Gasteiger charge is -2.13. The number of benzene rings is 1. The third kappa shape index (κ3) is 3.19. The first-order valence-corrected chi connectivity index (χ1v) is 7.08. The van der Waals surface area contributed by atoms with Crippen LogP contribution < -0.4 is 5.32 Å². The molecular weight excluding hydrogens is 242 g/mol. The highest BCUT2D eigenvalue weighted by atomic mass is 32.1. The van der Waals surface area contributed by atoms with E-state index in [4.69, 9.17) is 0 Å². The number of aryl methyl sites for hydroxylation is 2. The van der Waals surface area contributed by atoms with Crippen LogP contribution in [-0.2, 0) is 6.54 Å². The summed E-state index contributed by atoms with van der Waals surface area (Å²) < 4.78 is 0. The van der Waals surface area contributed by atoms with Gasteiger partial charge in [-0.25, -0.2) is 0 Å². The molecule has 3 heteroatoms. The molecule has 2 nitrogen and oxygen atoms in total. The third-order valence-electron chi connectivity index (χ3n) is 3.21. The van der Waals surface area contributed by atoms with Gasteiger partial charge in [-0.2, -0.15) is 11.3 Å². The van der Waals surface area contributed by atoms with Crippen molar-refractivity contribution in [2.24, 2.45) is 0 Å². The molecule has 0 spiro atoms. The molecule has 0 saturated heterocycles. The average Bonchev–Trinajstić information content (AvgIpc) is 2.86. The van der Waals surface area contributed by atoms with Crippen molar-refractivity contribution in [1.29, 1.82) is 0 Å². The lowest BCUT2D eigenvalue weighted by molar-refractivity contribution is 0.175. The van der Waals surface area contributed by atoms with E-state index < -0.39 is 6.10 Å². The zero-order valence-corrected chi connectivity index (χ0v) is 11.6. The molecule has 0 radical (unpaired) electrons. The van der Waals surface area contributed by atoms with Crippen LogP contribution in [0.15, 0.2) is 35.0 Å². The van der Waals surface area contributed by atoms with Crippen molar-refractivity contribution in [1.82, 2.24) is 5.32 Å². The van der Waals surface area contributed by atoms with Crippen LogP contribution >= 0.6 is 11.3 Å². The summed E-state index contributed by atoms with van der Waals surface area (Å²) in [6.07, 6.45) is -0.416. The van der Waals surface area contributed by atoms with Crippen LogP contribution in [0.5, 0.6) is 0 Å². The van der Waals surface area contributed by atoms with Gasteiger partial charge in [-0.05, 0) is 52.9 Å². The summed E-state index contributed by atoms with van der Waals surface area (Å²) in [5, 5.41) is 17.3. The van der Waals surface area contributed by atoms with Crippen LogP contribution in [0.25, 0.3) is 0 Å². The highest BCUT2D eigenvalue weighted by Crippen LogP contribution is 2.16. The summed E-state index contributed by atoms with van der Waals surface area (Å²) in [6, 6.07) is 8.29. The minimum Gasteiger partial charge on any atom is -0.387 e. The van der Waals surface area contributed by atoms with E-state index in [0.29, 0.717) is 6.54 Å². The fraction of sp³-hybridized carbons (Fsp3) is 0.333. The zero-order chi connectivity index (χ0) is 13.0. The Bertz CT molecular complexity index is 473. The van der Waals surface area contributed by atoms with Gasteiger partial charge in [0.25, 0.3) is 0 Å². The predicted molar refractivity (Wildman–Crippen MR) is 76.9 cm³/mol. The molecular formula is C15H19NOS. The predicted octanol–water partition coefficient (Wildman–Crippen LogP) is 3.19. The molecule has 1 heterocycles. The van der Waals surface area contributed by atoms with Crippen molar-refractivity contribution >= 4 is 11.3 Å². The summed E-state index contributed by atoms with van der Waals surface area (Å²) in [6.45, 7) is 5.64. The van der Waals surface area contributed by atoms with Crippen molar-refractivity contribution in [3.63, 3.8) is 0 Å². The Morgan fingerprint density at radius 1 is 1.22 bits per heavy atom. The summed E-state index contributed by atoms with van der Waals surface area (Å²) in [4.78, 5) is 0. The summed E-state index contributed by atoms with van der Waals surface area (Å²) >= 11 is 1.61. The van der Waals surface area contributed by atoms with Crippen molar-refractivity contribution < 1.29 is 5.11 Å². The van der Waals surface area contributed by atoms with Crippen LogP contribution in [0.3, 0.4) is 0 Å². The molecule has 0 aliphatic carbocycles. The topological polar surface area (TPSA) is 32.3 Å².